The zero-order valence-corrected chi connectivity index (χ0v) is 18.3. The highest BCUT2D eigenvalue weighted by Crippen LogP contribution is 2.25. The van der Waals surface area contributed by atoms with E-state index in [9.17, 15) is 14.9 Å². The van der Waals surface area contributed by atoms with E-state index in [1.807, 2.05) is 12.1 Å². The van der Waals surface area contributed by atoms with E-state index in [1.54, 1.807) is 18.2 Å². The maximum Gasteiger partial charge on any atom is 0.271 e. The predicted octanol–water partition coefficient (Wildman–Crippen LogP) is 2.03. The van der Waals surface area contributed by atoms with E-state index >= 15 is 0 Å². The number of nitrogens with zero attached hydrogens (tertiary/aromatic N) is 4. The van der Waals surface area contributed by atoms with Crippen molar-refractivity contribution >= 4 is 23.5 Å². The Bertz CT molecular complexity index is 999. The Hall–Kier alpha value is -3.34. The average molecular weight is 453 g/mol. The van der Waals surface area contributed by atoms with Crippen LogP contribution in [0.2, 0.25) is 0 Å². The van der Waals surface area contributed by atoms with Gasteiger partial charge in [-0.25, -0.2) is 5.43 Å². The molecule has 1 N–H and O–H groups in total. The lowest BCUT2D eigenvalue weighted by molar-refractivity contribution is -0.384. The number of morpholine rings is 2. The van der Waals surface area contributed by atoms with Gasteiger partial charge in [0.25, 0.3) is 11.6 Å². The van der Waals surface area contributed by atoms with Crippen LogP contribution >= 0.6 is 0 Å². The Morgan fingerprint density at radius 2 is 1.70 bits per heavy atom. The molecule has 174 valence electrons. The number of hydrazone groups is 1. The van der Waals surface area contributed by atoms with Crippen molar-refractivity contribution in [3.05, 3.63) is 69.3 Å². The van der Waals surface area contributed by atoms with Crippen LogP contribution in [0.25, 0.3) is 0 Å². The number of rotatable bonds is 7. The van der Waals surface area contributed by atoms with E-state index in [1.165, 1.54) is 18.3 Å². The zero-order valence-electron chi connectivity index (χ0n) is 18.3. The molecule has 0 radical (unpaired) electrons. The summed E-state index contributed by atoms with van der Waals surface area (Å²) in [5.74, 6) is -0.345. The second-order valence-electron chi connectivity index (χ2n) is 7.88. The number of amides is 1. The number of benzene rings is 2. The minimum absolute atomic E-state index is 0.0318. The van der Waals surface area contributed by atoms with Crippen LogP contribution in [0.5, 0.6) is 0 Å². The van der Waals surface area contributed by atoms with Crippen molar-refractivity contribution in [1.82, 2.24) is 10.3 Å². The Kier molecular flexibility index (Phi) is 7.61. The number of ether oxygens (including phenoxy) is 2. The maximum absolute atomic E-state index is 12.5. The number of hydrogen-bond acceptors (Lipinski definition) is 8. The highest BCUT2D eigenvalue weighted by molar-refractivity contribution is 5.95. The molecule has 10 nitrogen and oxygen atoms in total. The van der Waals surface area contributed by atoms with Crippen molar-refractivity contribution in [2.45, 2.75) is 6.54 Å². The molecule has 2 aliphatic rings. The smallest absolute Gasteiger partial charge is 0.271 e. The topological polar surface area (TPSA) is 110 Å². The van der Waals surface area contributed by atoms with Crippen LogP contribution in [0.3, 0.4) is 0 Å². The van der Waals surface area contributed by atoms with E-state index in [0.717, 1.165) is 44.1 Å². The van der Waals surface area contributed by atoms with Crippen molar-refractivity contribution in [1.29, 1.82) is 0 Å². The first-order valence-corrected chi connectivity index (χ1v) is 10.9. The molecule has 0 aromatic heterocycles. The number of nitro benzene ring substituents is 1. The summed E-state index contributed by atoms with van der Waals surface area (Å²) in [6, 6.07) is 12.1. The summed E-state index contributed by atoms with van der Waals surface area (Å²) in [7, 11) is 0. The van der Waals surface area contributed by atoms with Gasteiger partial charge in [0.05, 0.1) is 37.6 Å². The number of nitrogens with one attached hydrogen (secondary N) is 1. The molecule has 1 amide bonds. The summed E-state index contributed by atoms with van der Waals surface area (Å²) >= 11 is 0. The van der Waals surface area contributed by atoms with Crippen LogP contribution in [0.4, 0.5) is 11.4 Å². The third-order valence-corrected chi connectivity index (χ3v) is 5.67. The third kappa shape index (κ3) is 6.13. The Labute approximate surface area is 191 Å². The molecule has 2 heterocycles. The Morgan fingerprint density at radius 1 is 1.03 bits per heavy atom. The minimum Gasteiger partial charge on any atom is -0.379 e. The van der Waals surface area contributed by atoms with Gasteiger partial charge >= 0.3 is 0 Å². The molecule has 2 aromatic rings. The number of carbonyl (C=O) groups is 1. The summed E-state index contributed by atoms with van der Waals surface area (Å²) in [5, 5.41) is 15.3. The average Bonchev–Trinajstić information content (AvgIpc) is 2.85. The van der Waals surface area contributed by atoms with Crippen molar-refractivity contribution in [2.24, 2.45) is 5.10 Å². The first-order chi connectivity index (χ1) is 16.1. The summed E-state index contributed by atoms with van der Waals surface area (Å²) in [5.41, 5.74) is 5.48. The van der Waals surface area contributed by atoms with Gasteiger partial charge in [0, 0.05) is 61.7 Å². The first-order valence-electron chi connectivity index (χ1n) is 10.9. The van der Waals surface area contributed by atoms with E-state index < -0.39 is 4.92 Å². The molecule has 2 saturated heterocycles. The molecule has 10 heteroatoms. The fourth-order valence-corrected chi connectivity index (χ4v) is 3.86. The van der Waals surface area contributed by atoms with Gasteiger partial charge in [-0.3, -0.25) is 19.8 Å². The fourth-order valence-electron chi connectivity index (χ4n) is 3.86. The molecule has 2 aliphatic heterocycles. The molecule has 0 saturated carbocycles. The zero-order chi connectivity index (χ0) is 23.0. The van der Waals surface area contributed by atoms with Gasteiger partial charge in [0.1, 0.15) is 0 Å². The molecule has 0 spiro atoms. The van der Waals surface area contributed by atoms with Gasteiger partial charge in [0.2, 0.25) is 0 Å². The molecule has 0 atom stereocenters. The highest BCUT2D eigenvalue weighted by Gasteiger charge is 2.17. The summed E-state index contributed by atoms with van der Waals surface area (Å²) in [6.07, 6.45) is 1.45. The predicted molar refractivity (Wildman–Crippen MR) is 124 cm³/mol. The van der Waals surface area contributed by atoms with Crippen LogP contribution in [0.1, 0.15) is 21.5 Å². The Morgan fingerprint density at radius 3 is 2.36 bits per heavy atom. The van der Waals surface area contributed by atoms with Crippen LogP contribution in [-0.4, -0.2) is 74.6 Å². The van der Waals surface area contributed by atoms with Crippen LogP contribution in [0.15, 0.2) is 47.6 Å². The Balaban J connectivity index is 1.41. The van der Waals surface area contributed by atoms with Gasteiger partial charge in [-0.1, -0.05) is 12.1 Å². The van der Waals surface area contributed by atoms with Crippen molar-refractivity contribution in [3.8, 4) is 0 Å². The second-order valence-corrected chi connectivity index (χ2v) is 7.88. The molecule has 2 aromatic carbocycles. The highest BCUT2D eigenvalue weighted by atomic mass is 16.6. The summed E-state index contributed by atoms with van der Waals surface area (Å²) in [6.45, 7) is 6.66. The van der Waals surface area contributed by atoms with Gasteiger partial charge in [-0.05, 0) is 23.8 Å². The molecule has 0 bridgehead atoms. The lowest BCUT2D eigenvalue weighted by Gasteiger charge is -2.29. The lowest BCUT2D eigenvalue weighted by atomic mass is 10.1. The molecule has 2 fully saturated rings. The number of hydrogen-bond donors (Lipinski definition) is 1. The first kappa shape index (κ1) is 22.8. The monoisotopic (exact) mass is 453 g/mol. The number of nitro groups is 1. The van der Waals surface area contributed by atoms with Crippen molar-refractivity contribution < 1.29 is 19.2 Å². The number of non-ortho nitro benzene ring substituents is 1. The van der Waals surface area contributed by atoms with Crippen LogP contribution < -0.4 is 10.3 Å². The van der Waals surface area contributed by atoms with Crippen molar-refractivity contribution in [3.63, 3.8) is 0 Å². The lowest BCUT2D eigenvalue weighted by Crippen LogP contribution is -2.36. The molecule has 4 rings (SSSR count). The van der Waals surface area contributed by atoms with E-state index in [0.29, 0.717) is 37.4 Å². The summed E-state index contributed by atoms with van der Waals surface area (Å²) < 4.78 is 10.8. The van der Waals surface area contributed by atoms with Gasteiger partial charge in [-0.2, -0.15) is 5.10 Å². The normalized spacial score (nSPS) is 17.3. The van der Waals surface area contributed by atoms with Crippen LogP contribution in [-0.2, 0) is 16.0 Å². The minimum atomic E-state index is -0.447. The standard InChI is InChI=1S/C23H27N5O5/c29-23(19-3-1-18(2-4-19)17-26-7-11-32-12-8-26)25-24-16-20-15-21(28(30)31)5-6-22(20)27-9-13-33-14-10-27/h1-6,15-16H,7-14,17H2,(H,25,29)/b24-16+. The van der Waals surface area contributed by atoms with Gasteiger partial charge in [-0.15, -0.1) is 0 Å². The van der Waals surface area contributed by atoms with Gasteiger partial charge < -0.3 is 14.4 Å². The molecule has 0 aliphatic carbocycles. The van der Waals surface area contributed by atoms with Crippen LogP contribution in [0, 0.1) is 10.1 Å². The van der Waals surface area contributed by atoms with E-state index in [-0.39, 0.29) is 11.6 Å². The SMILES string of the molecule is O=C(N/N=C/c1cc([N+](=O)[O-])ccc1N1CCOCC1)c1ccc(CN2CCOCC2)cc1. The molecule has 33 heavy (non-hydrogen) atoms. The fraction of sp³-hybridized carbons (Fsp3) is 0.391. The van der Waals surface area contributed by atoms with E-state index in [4.69, 9.17) is 9.47 Å². The summed E-state index contributed by atoms with van der Waals surface area (Å²) in [4.78, 5) is 27.7. The third-order valence-electron chi connectivity index (χ3n) is 5.67. The van der Waals surface area contributed by atoms with E-state index in [2.05, 4.69) is 20.3 Å². The quantitative estimate of drug-likeness (QED) is 0.388. The largest absolute Gasteiger partial charge is 0.379 e. The molecular formula is C23H27N5O5. The van der Waals surface area contributed by atoms with Gasteiger partial charge in [0.15, 0.2) is 0 Å². The number of carbonyl (C=O) groups excluding carboxylic acids is 1. The maximum atomic E-state index is 12.5. The van der Waals surface area contributed by atoms with Crippen molar-refractivity contribution in [2.75, 3.05) is 57.5 Å². The molecular weight excluding hydrogens is 426 g/mol. The molecule has 0 unspecified atom stereocenters. The number of anilines is 1. The second kappa shape index (κ2) is 11.0.